The van der Waals surface area contributed by atoms with Crippen LogP contribution in [0.3, 0.4) is 0 Å². The van der Waals surface area contributed by atoms with Gasteiger partial charge in [-0.05, 0) is 73.0 Å². The van der Waals surface area contributed by atoms with Gasteiger partial charge in [0.05, 0.1) is 5.25 Å². The molecule has 0 bridgehead atoms. The third kappa shape index (κ3) is 6.73. The number of hydrogen-bond donors (Lipinski definition) is 2. The van der Waals surface area contributed by atoms with Crippen molar-refractivity contribution >= 4 is 46.1 Å². The highest BCUT2D eigenvalue weighted by Gasteiger charge is 2.17. The van der Waals surface area contributed by atoms with Crippen LogP contribution >= 0.6 is 11.8 Å². The Morgan fingerprint density at radius 3 is 2.20 bits per heavy atom. The molecule has 6 nitrogen and oxygen atoms in total. The van der Waals surface area contributed by atoms with Crippen LogP contribution in [0.4, 0.5) is 11.4 Å². The Morgan fingerprint density at radius 2 is 1.54 bits per heavy atom. The van der Waals surface area contributed by atoms with E-state index in [9.17, 15) is 9.59 Å². The molecule has 2 amide bonds. The zero-order chi connectivity index (χ0) is 25.0. The zero-order valence-electron chi connectivity index (χ0n) is 20.3. The number of aromatic nitrogens is 1. The lowest BCUT2D eigenvalue weighted by molar-refractivity contribution is -0.118. The van der Waals surface area contributed by atoms with Gasteiger partial charge in [-0.3, -0.25) is 9.59 Å². The van der Waals surface area contributed by atoms with Crippen molar-refractivity contribution in [1.29, 1.82) is 0 Å². The van der Waals surface area contributed by atoms with E-state index < -0.39 is 0 Å². The van der Waals surface area contributed by atoms with E-state index in [4.69, 9.17) is 4.42 Å². The number of nitrogens with one attached hydrogen (secondary N) is 2. The topological polar surface area (TPSA) is 84.2 Å². The number of thioether (sulfide) groups is 1. The molecule has 7 heteroatoms. The van der Waals surface area contributed by atoms with Gasteiger partial charge in [0.2, 0.25) is 17.7 Å². The second-order valence-electron chi connectivity index (χ2n) is 9.62. The number of anilines is 2. The summed E-state index contributed by atoms with van der Waals surface area (Å²) in [7, 11) is 0. The molecule has 4 rings (SSSR count). The number of hydrogen-bond acceptors (Lipinski definition) is 5. The third-order valence-corrected chi connectivity index (χ3v) is 6.32. The van der Waals surface area contributed by atoms with E-state index >= 15 is 0 Å². The first-order chi connectivity index (χ1) is 16.7. The SMILES string of the molecule is CC(Sc1ccc(NC(=O)CC(C)(C)C)cc1)C(=O)Nc1ccc(-c2nc3ccccc3o2)cc1. The smallest absolute Gasteiger partial charge is 0.237 e. The van der Waals surface area contributed by atoms with Crippen molar-refractivity contribution in [1.82, 2.24) is 4.98 Å². The van der Waals surface area contributed by atoms with Crippen LogP contribution in [0.15, 0.2) is 82.1 Å². The Hall–Kier alpha value is -3.58. The number of amides is 2. The highest BCUT2D eigenvalue weighted by atomic mass is 32.2. The molecule has 3 aromatic carbocycles. The zero-order valence-corrected chi connectivity index (χ0v) is 21.1. The van der Waals surface area contributed by atoms with E-state index in [1.54, 1.807) is 0 Å². The lowest BCUT2D eigenvalue weighted by atomic mass is 9.92. The molecule has 0 saturated heterocycles. The van der Waals surface area contributed by atoms with Gasteiger partial charge in [0.1, 0.15) is 5.52 Å². The van der Waals surface area contributed by atoms with Crippen LogP contribution in [-0.2, 0) is 9.59 Å². The fourth-order valence-electron chi connectivity index (χ4n) is 3.50. The minimum atomic E-state index is -0.298. The van der Waals surface area contributed by atoms with Crippen LogP contribution in [0.2, 0.25) is 0 Å². The van der Waals surface area contributed by atoms with Crippen LogP contribution in [0.25, 0.3) is 22.6 Å². The molecule has 0 aliphatic carbocycles. The summed E-state index contributed by atoms with van der Waals surface area (Å²) in [5.41, 5.74) is 3.79. The van der Waals surface area contributed by atoms with E-state index in [0.29, 0.717) is 18.0 Å². The molecule has 0 aliphatic heterocycles. The maximum absolute atomic E-state index is 12.7. The summed E-state index contributed by atoms with van der Waals surface area (Å²) in [6.07, 6.45) is 0.455. The summed E-state index contributed by atoms with van der Waals surface area (Å²) in [4.78, 5) is 30.3. The molecule has 1 atom stereocenters. The van der Waals surface area contributed by atoms with Crippen molar-refractivity contribution in [2.24, 2.45) is 5.41 Å². The molecule has 0 aliphatic rings. The van der Waals surface area contributed by atoms with Crippen molar-refractivity contribution < 1.29 is 14.0 Å². The highest BCUT2D eigenvalue weighted by molar-refractivity contribution is 8.00. The summed E-state index contributed by atoms with van der Waals surface area (Å²) < 4.78 is 5.81. The summed E-state index contributed by atoms with van der Waals surface area (Å²) in [5, 5.41) is 5.58. The van der Waals surface area contributed by atoms with Crippen LogP contribution in [0.1, 0.15) is 34.1 Å². The van der Waals surface area contributed by atoms with Crippen LogP contribution < -0.4 is 10.6 Å². The molecule has 0 radical (unpaired) electrons. The quantitative estimate of drug-likeness (QED) is 0.275. The summed E-state index contributed by atoms with van der Waals surface area (Å²) in [5.74, 6) is 0.450. The molecular formula is C28H29N3O3S. The van der Waals surface area contributed by atoms with Crippen LogP contribution in [0.5, 0.6) is 0 Å². The Kier molecular flexibility index (Phi) is 7.26. The predicted octanol–water partition coefficient (Wildman–Crippen LogP) is 6.99. The van der Waals surface area contributed by atoms with Crippen molar-refractivity contribution in [3.63, 3.8) is 0 Å². The second kappa shape index (κ2) is 10.4. The molecule has 35 heavy (non-hydrogen) atoms. The average Bonchev–Trinajstić information content (AvgIpc) is 3.24. The average molecular weight is 488 g/mol. The third-order valence-electron chi connectivity index (χ3n) is 5.20. The molecule has 1 unspecified atom stereocenters. The van der Waals surface area contributed by atoms with E-state index in [1.165, 1.54) is 11.8 Å². The number of carbonyl (C=O) groups excluding carboxylic acids is 2. The lowest BCUT2D eigenvalue weighted by Gasteiger charge is -2.17. The molecular weight excluding hydrogens is 458 g/mol. The van der Waals surface area contributed by atoms with Gasteiger partial charge in [-0.25, -0.2) is 4.98 Å². The van der Waals surface area contributed by atoms with Crippen LogP contribution in [-0.4, -0.2) is 22.0 Å². The first kappa shape index (κ1) is 24.5. The molecule has 2 N–H and O–H groups in total. The lowest BCUT2D eigenvalue weighted by Crippen LogP contribution is -2.22. The molecule has 1 heterocycles. The number of benzene rings is 3. The monoisotopic (exact) mass is 487 g/mol. The minimum Gasteiger partial charge on any atom is -0.436 e. The molecule has 180 valence electrons. The molecule has 0 spiro atoms. The summed E-state index contributed by atoms with van der Waals surface area (Å²) >= 11 is 1.46. The Labute approximate surface area is 209 Å². The number of para-hydroxylation sites is 2. The fourth-order valence-corrected chi connectivity index (χ4v) is 4.36. The normalized spacial score (nSPS) is 12.3. The van der Waals surface area contributed by atoms with Crippen molar-refractivity contribution in [3.05, 3.63) is 72.8 Å². The van der Waals surface area contributed by atoms with Crippen molar-refractivity contribution in [3.8, 4) is 11.5 Å². The van der Waals surface area contributed by atoms with Crippen molar-refractivity contribution in [2.75, 3.05) is 10.6 Å². The standard InChI is InChI=1S/C28H29N3O3S/c1-18(35-22-15-13-20(14-16-22)29-25(32)17-28(2,3)4)26(33)30-21-11-9-19(10-12-21)27-31-23-7-5-6-8-24(23)34-27/h5-16,18H,17H2,1-4H3,(H,29,32)(H,30,33). The van der Waals surface area contributed by atoms with Gasteiger partial charge in [0.25, 0.3) is 0 Å². The molecule has 0 saturated carbocycles. The Morgan fingerprint density at radius 1 is 0.914 bits per heavy atom. The van der Waals surface area contributed by atoms with E-state index in [-0.39, 0.29) is 22.5 Å². The largest absolute Gasteiger partial charge is 0.436 e. The van der Waals surface area contributed by atoms with Gasteiger partial charge in [-0.2, -0.15) is 0 Å². The Bertz CT molecular complexity index is 1290. The number of fused-ring (bicyclic) bond motifs is 1. The summed E-state index contributed by atoms with van der Waals surface area (Å²) in [6, 6.07) is 22.6. The first-order valence-electron chi connectivity index (χ1n) is 11.5. The number of rotatable bonds is 7. The predicted molar refractivity (Wildman–Crippen MR) is 143 cm³/mol. The minimum absolute atomic E-state index is 0.00669. The van der Waals surface area contributed by atoms with E-state index in [0.717, 1.165) is 27.2 Å². The highest BCUT2D eigenvalue weighted by Crippen LogP contribution is 2.28. The van der Waals surface area contributed by atoms with Crippen molar-refractivity contribution in [2.45, 2.75) is 44.3 Å². The van der Waals surface area contributed by atoms with Gasteiger partial charge >= 0.3 is 0 Å². The van der Waals surface area contributed by atoms with E-state index in [2.05, 4.69) is 15.6 Å². The number of carbonyl (C=O) groups is 2. The molecule has 0 fully saturated rings. The van der Waals surface area contributed by atoms with Gasteiger partial charge in [-0.15, -0.1) is 11.8 Å². The van der Waals surface area contributed by atoms with Gasteiger partial charge < -0.3 is 15.1 Å². The number of oxazole rings is 1. The van der Waals surface area contributed by atoms with Crippen LogP contribution in [0, 0.1) is 5.41 Å². The maximum atomic E-state index is 12.7. The van der Waals surface area contributed by atoms with Gasteiger partial charge in [-0.1, -0.05) is 32.9 Å². The van der Waals surface area contributed by atoms with E-state index in [1.807, 2.05) is 100 Å². The summed E-state index contributed by atoms with van der Waals surface area (Å²) in [6.45, 7) is 7.97. The van der Waals surface area contributed by atoms with Gasteiger partial charge in [0.15, 0.2) is 5.58 Å². The molecule has 4 aromatic rings. The van der Waals surface area contributed by atoms with Gasteiger partial charge in [0, 0.05) is 28.3 Å². The molecule has 1 aromatic heterocycles. The number of nitrogens with zero attached hydrogens (tertiary/aromatic N) is 1. The fraction of sp³-hybridized carbons (Fsp3) is 0.250. The second-order valence-corrected chi connectivity index (χ2v) is 11.0. The maximum Gasteiger partial charge on any atom is 0.237 e. The Balaban J connectivity index is 1.31. The first-order valence-corrected chi connectivity index (χ1v) is 12.4.